The SMILES string of the molecule is CC(C)N(CCC(=O)N1CCNCC1)C1CC1.Cl. The predicted molar refractivity (Wildman–Crippen MR) is 76.2 cm³/mol. The third-order valence-electron chi connectivity index (χ3n) is 3.73. The highest BCUT2D eigenvalue weighted by Crippen LogP contribution is 2.28. The van der Waals surface area contributed by atoms with E-state index in [-0.39, 0.29) is 12.4 Å². The Hall–Kier alpha value is -0.320. The molecule has 0 spiro atoms. The Kier molecular flexibility index (Phi) is 6.39. The molecule has 5 heteroatoms. The molecule has 4 nitrogen and oxygen atoms in total. The first-order chi connectivity index (χ1) is 8.18. The summed E-state index contributed by atoms with van der Waals surface area (Å²) in [6.45, 7) is 9.05. The number of hydrogen-bond acceptors (Lipinski definition) is 3. The zero-order valence-electron chi connectivity index (χ0n) is 11.5. The zero-order valence-corrected chi connectivity index (χ0v) is 12.3. The van der Waals surface area contributed by atoms with Gasteiger partial charge in [-0.3, -0.25) is 9.69 Å². The normalized spacial score (nSPS) is 20.1. The maximum absolute atomic E-state index is 12.0. The lowest BCUT2D eigenvalue weighted by molar-refractivity contribution is -0.132. The Morgan fingerprint density at radius 3 is 2.44 bits per heavy atom. The van der Waals surface area contributed by atoms with Crippen molar-refractivity contribution in [3.05, 3.63) is 0 Å². The van der Waals surface area contributed by atoms with Gasteiger partial charge >= 0.3 is 0 Å². The second-order valence-electron chi connectivity index (χ2n) is 5.44. The molecule has 1 saturated carbocycles. The Balaban J connectivity index is 0.00000162. The molecule has 0 unspecified atom stereocenters. The van der Waals surface area contributed by atoms with Gasteiger partial charge in [-0.15, -0.1) is 12.4 Å². The van der Waals surface area contributed by atoms with Crippen molar-refractivity contribution in [3.8, 4) is 0 Å². The van der Waals surface area contributed by atoms with Crippen molar-refractivity contribution in [2.75, 3.05) is 32.7 Å². The van der Waals surface area contributed by atoms with Gasteiger partial charge in [0.05, 0.1) is 0 Å². The lowest BCUT2D eigenvalue weighted by Crippen LogP contribution is -2.47. The molecule has 0 aromatic heterocycles. The largest absolute Gasteiger partial charge is 0.340 e. The molecule has 0 radical (unpaired) electrons. The van der Waals surface area contributed by atoms with E-state index < -0.39 is 0 Å². The van der Waals surface area contributed by atoms with E-state index in [1.165, 1.54) is 12.8 Å². The van der Waals surface area contributed by atoms with Crippen molar-refractivity contribution < 1.29 is 4.79 Å². The highest BCUT2D eigenvalue weighted by Gasteiger charge is 2.31. The third kappa shape index (κ3) is 4.41. The summed E-state index contributed by atoms with van der Waals surface area (Å²) in [7, 11) is 0. The minimum absolute atomic E-state index is 0. The molecule has 1 saturated heterocycles. The van der Waals surface area contributed by atoms with Gasteiger partial charge in [-0.05, 0) is 26.7 Å². The first kappa shape index (κ1) is 15.7. The molecule has 1 heterocycles. The van der Waals surface area contributed by atoms with Gasteiger partial charge in [0.15, 0.2) is 0 Å². The number of nitrogens with zero attached hydrogens (tertiary/aromatic N) is 2. The number of carbonyl (C=O) groups excluding carboxylic acids is 1. The fourth-order valence-electron chi connectivity index (χ4n) is 2.57. The van der Waals surface area contributed by atoms with Crippen LogP contribution < -0.4 is 5.32 Å². The van der Waals surface area contributed by atoms with Crippen LogP contribution in [-0.2, 0) is 4.79 Å². The summed E-state index contributed by atoms with van der Waals surface area (Å²) in [4.78, 5) is 16.5. The Labute approximate surface area is 116 Å². The molecule has 1 N–H and O–H groups in total. The van der Waals surface area contributed by atoms with E-state index >= 15 is 0 Å². The van der Waals surface area contributed by atoms with Crippen molar-refractivity contribution in [1.29, 1.82) is 0 Å². The van der Waals surface area contributed by atoms with Crippen molar-refractivity contribution in [1.82, 2.24) is 15.1 Å². The number of piperazine rings is 1. The van der Waals surface area contributed by atoms with Crippen LogP contribution in [0.4, 0.5) is 0 Å². The quantitative estimate of drug-likeness (QED) is 0.816. The smallest absolute Gasteiger partial charge is 0.223 e. The van der Waals surface area contributed by atoms with Gasteiger partial charge in [0, 0.05) is 51.2 Å². The molecule has 0 aromatic carbocycles. The minimum Gasteiger partial charge on any atom is -0.340 e. The molecule has 2 aliphatic rings. The molecule has 0 aromatic rings. The van der Waals surface area contributed by atoms with Crippen LogP contribution in [-0.4, -0.2) is 60.5 Å². The molecule has 1 amide bonds. The summed E-state index contributed by atoms with van der Waals surface area (Å²) >= 11 is 0. The number of hydrogen-bond donors (Lipinski definition) is 1. The average Bonchev–Trinajstić information content (AvgIpc) is 3.14. The van der Waals surface area contributed by atoms with Gasteiger partial charge < -0.3 is 10.2 Å². The fourth-order valence-corrected chi connectivity index (χ4v) is 2.57. The average molecular weight is 276 g/mol. The van der Waals surface area contributed by atoms with Crippen molar-refractivity contribution >= 4 is 18.3 Å². The Morgan fingerprint density at radius 1 is 1.33 bits per heavy atom. The molecule has 1 aliphatic carbocycles. The molecule has 106 valence electrons. The van der Waals surface area contributed by atoms with Gasteiger partial charge in [-0.2, -0.15) is 0 Å². The molecule has 1 aliphatic heterocycles. The topological polar surface area (TPSA) is 35.6 Å². The highest BCUT2D eigenvalue weighted by atomic mass is 35.5. The Morgan fingerprint density at radius 2 is 1.94 bits per heavy atom. The Bertz CT molecular complexity index is 261. The van der Waals surface area contributed by atoms with Crippen molar-refractivity contribution in [2.45, 2.75) is 45.2 Å². The molecule has 2 fully saturated rings. The molecular formula is C13H26ClN3O. The number of carbonyl (C=O) groups is 1. The maximum Gasteiger partial charge on any atom is 0.223 e. The van der Waals surface area contributed by atoms with E-state index in [9.17, 15) is 4.79 Å². The van der Waals surface area contributed by atoms with Crippen molar-refractivity contribution in [3.63, 3.8) is 0 Å². The summed E-state index contributed by atoms with van der Waals surface area (Å²) in [5.41, 5.74) is 0. The third-order valence-corrected chi connectivity index (χ3v) is 3.73. The summed E-state index contributed by atoms with van der Waals surface area (Å²) < 4.78 is 0. The van der Waals surface area contributed by atoms with E-state index in [1.807, 2.05) is 4.90 Å². The number of amides is 1. The number of halogens is 1. The monoisotopic (exact) mass is 275 g/mol. The number of rotatable bonds is 5. The molecule has 2 rings (SSSR count). The first-order valence-corrected chi connectivity index (χ1v) is 6.92. The van der Waals surface area contributed by atoms with Crippen LogP contribution in [0.2, 0.25) is 0 Å². The molecule has 0 atom stereocenters. The van der Waals surface area contributed by atoms with E-state index in [2.05, 4.69) is 24.1 Å². The van der Waals surface area contributed by atoms with E-state index in [1.54, 1.807) is 0 Å². The van der Waals surface area contributed by atoms with Crippen LogP contribution in [0.15, 0.2) is 0 Å². The standard InChI is InChI=1S/C13H25N3O.ClH/c1-11(2)16(12-3-4-12)8-5-13(17)15-9-6-14-7-10-15;/h11-12,14H,3-10H2,1-2H3;1H. The summed E-state index contributed by atoms with van der Waals surface area (Å²) in [5, 5.41) is 3.28. The van der Waals surface area contributed by atoms with Gasteiger partial charge in [0.25, 0.3) is 0 Å². The maximum atomic E-state index is 12.0. The lowest BCUT2D eigenvalue weighted by Gasteiger charge is -2.30. The second-order valence-corrected chi connectivity index (χ2v) is 5.44. The minimum atomic E-state index is 0. The fraction of sp³-hybridized carbons (Fsp3) is 0.923. The van der Waals surface area contributed by atoms with E-state index in [4.69, 9.17) is 0 Å². The second kappa shape index (κ2) is 7.31. The van der Waals surface area contributed by atoms with E-state index in [0.717, 1.165) is 38.8 Å². The van der Waals surface area contributed by atoms with Crippen LogP contribution in [0.3, 0.4) is 0 Å². The summed E-state index contributed by atoms with van der Waals surface area (Å²) in [6.07, 6.45) is 3.33. The van der Waals surface area contributed by atoms with Gasteiger partial charge in [0.1, 0.15) is 0 Å². The first-order valence-electron chi connectivity index (χ1n) is 6.92. The van der Waals surface area contributed by atoms with Crippen LogP contribution in [0, 0.1) is 0 Å². The molecule has 0 bridgehead atoms. The highest BCUT2D eigenvalue weighted by molar-refractivity contribution is 5.85. The predicted octanol–water partition coefficient (Wildman–Crippen LogP) is 1.10. The van der Waals surface area contributed by atoms with Gasteiger partial charge in [-0.1, -0.05) is 0 Å². The molecule has 18 heavy (non-hydrogen) atoms. The van der Waals surface area contributed by atoms with Crippen LogP contribution in [0.5, 0.6) is 0 Å². The van der Waals surface area contributed by atoms with Crippen LogP contribution >= 0.6 is 12.4 Å². The van der Waals surface area contributed by atoms with Crippen LogP contribution in [0.1, 0.15) is 33.1 Å². The van der Waals surface area contributed by atoms with Crippen molar-refractivity contribution in [2.24, 2.45) is 0 Å². The zero-order chi connectivity index (χ0) is 12.3. The van der Waals surface area contributed by atoms with Gasteiger partial charge in [0.2, 0.25) is 5.91 Å². The van der Waals surface area contributed by atoms with Crippen LogP contribution in [0.25, 0.3) is 0 Å². The van der Waals surface area contributed by atoms with E-state index in [0.29, 0.717) is 18.4 Å². The molecular weight excluding hydrogens is 250 g/mol. The lowest BCUT2D eigenvalue weighted by atomic mass is 10.2. The van der Waals surface area contributed by atoms with Gasteiger partial charge in [-0.25, -0.2) is 0 Å². The summed E-state index contributed by atoms with van der Waals surface area (Å²) in [6, 6.07) is 1.32. The summed E-state index contributed by atoms with van der Waals surface area (Å²) in [5.74, 6) is 0.331. The number of nitrogens with one attached hydrogen (secondary N) is 1.